The lowest BCUT2D eigenvalue weighted by Gasteiger charge is -2.31. The van der Waals surface area contributed by atoms with Gasteiger partial charge in [0.1, 0.15) is 5.71 Å². The van der Waals surface area contributed by atoms with Crippen LogP contribution in [0.2, 0.25) is 0 Å². The average Bonchev–Trinajstić information content (AvgIpc) is 3.01. The van der Waals surface area contributed by atoms with Crippen molar-refractivity contribution in [2.24, 2.45) is 5.10 Å². The Bertz CT molecular complexity index is 837. The fraction of sp³-hybridized carbons (Fsp3) is 0.238. The van der Waals surface area contributed by atoms with Crippen LogP contribution < -0.4 is 5.01 Å². The zero-order chi connectivity index (χ0) is 17.9. The topological polar surface area (TPSA) is 39.1 Å². The van der Waals surface area contributed by atoms with E-state index in [1.807, 2.05) is 66.9 Å². The van der Waals surface area contributed by atoms with Crippen molar-refractivity contribution in [1.29, 1.82) is 0 Å². The molecule has 0 bridgehead atoms. The molecule has 132 valence electrons. The van der Waals surface area contributed by atoms with Crippen LogP contribution in [-0.4, -0.2) is 54.6 Å². The number of piperazine rings is 1. The maximum Gasteiger partial charge on any atom is 0.282 e. The summed E-state index contributed by atoms with van der Waals surface area (Å²) in [4.78, 5) is 17.7. The number of nitrogens with zero attached hydrogens (tertiary/aromatic N) is 4. The summed E-state index contributed by atoms with van der Waals surface area (Å²) >= 11 is 0. The van der Waals surface area contributed by atoms with Crippen LogP contribution in [0.5, 0.6) is 0 Å². The molecule has 0 saturated carbocycles. The van der Waals surface area contributed by atoms with Crippen LogP contribution in [-0.2, 0) is 4.79 Å². The molecule has 1 amide bonds. The van der Waals surface area contributed by atoms with Crippen LogP contribution in [0, 0.1) is 0 Å². The van der Waals surface area contributed by atoms with Crippen molar-refractivity contribution in [3.63, 3.8) is 0 Å². The van der Waals surface area contributed by atoms with E-state index in [9.17, 15) is 4.79 Å². The third kappa shape index (κ3) is 3.26. The highest BCUT2D eigenvalue weighted by molar-refractivity contribution is 6.35. The van der Waals surface area contributed by atoms with Crippen LogP contribution >= 0.6 is 0 Å². The smallest absolute Gasteiger partial charge is 0.282 e. The summed E-state index contributed by atoms with van der Waals surface area (Å²) in [5.74, 6) is -0.0750. The van der Waals surface area contributed by atoms with Crippen molar-refractivity contribution in [3.05, 3.63) is 78.0 Å². The molecule has 1 fully saturated rings. The minimum Gasteiger partial charge on any atom is -0.374 e. The Labute approximate surface area is 153 Å². The summed E-state index contributed by atoms with van der Waals surface area (Å²) in [6.45, 7) is 3.83. The fourth-order valence-corrected chi connectivity index (χ4v) is 3.22. The first kappa shape index (κ1) is 16.5. The molecule has 1 saturated heterocycles. The van der Waals surface area contributed by atoms with Gasteiger partial charge in [-0.1, -0.05) is 48.5 Å². The van der Waals surface area contributed by atoms with Crippen molar-refractivity contribution in [1.82, 2.24) is 9.80 Å². The number of amides is 1. The molecule has 5 nitrogen and oxygen atoms in total. The predicted molar refractivity (Wildman–Crippen MR) is 104 cm³/mol. The fourth-order valence-electron chi connectivity index (χ4n) is 3.22. The number of rotatable bonds is 3. The third-order valence-electron chi connectivity index (χ3n) is 4.78. The zero-order valence-electron chi connectivity index (χ0n) is 14.9. The minimum atomic E-state index is -0.0750. The lowest BCUT2D eigenvalue weighted by atomic mass is 10.0. The normalized spacial score (nSPS) is 20.0. The van der Waals surface area contributed by atoms with Gasteiger partial charge in [-0.25, -0.2) is 0 Å². The Balaban J connectivity index is 1.71. The molecule has 2 aliphatic rings. The molecule has 0 atom stereocenters. The second-order valence-electron chi connectivity index (χ2n) is 6.65. The van der Waals surface area contributed by atoms with Gasteiger partial charge in [-0.05, 0) is 19.2 Å². The second-order valence-corrected chi connectivity index (χ2v) is 6.65. The maximum absolute atomic E-state index is 13.1. The monoisotopic (exact) mass is 346 g/mol. The third-order valence-corrected chi connectivity index (χ3v) is 4.78. The number of carbonyl (C=O) groups excluding carboxylic acids is 1. The molecule has 0 unspecified atom stereocenters. The zero-order valence-corrected chi connectivity index (χ0v) is 14.9. The molecule has 2 aromatic rings. The van der Waals surface area contributed by atoms with Gasteiger partial charge in [0, 0.05) is 37.9 Å². The first-order chi connectivity index (χ1) is 12.7. The minimum absolute atomic E-state index is 0.0750. The van der Waals surface area contributed by atoms with E-state index in [4.69, 9.17) is 0 Å². The van der Waals surface area contributed by atoms with Crippen LogP contribution in [0.4, 0.5) is 5.69 Å². The number of benzene rings is 2. The maximum atomic E-state index is 13.1. The molecule has 0 radical (unpaired) electrons. The molecule has 0 spiro atoms. The highest BCUT2D eigenvalue weighted by atomic mass is 16.2. The van der Waals surface area contributed by atoms with E-state index in [1.54, 1.807) is 0 Å². The Morgan fingerprint density at radius 1 is 0.885 bits per heavy atom. The van der Waals surface area contributed by atoms with Gasteiger partial charge < -0.3 is 9.80 Å². The molecule has 26 heavy (non-hydrogen) atoms. The summed E-state index contributed by atoms with van der Waals surface area (Å²) < 4.78 is 0. The van der Waals surface area contributed by atoms with E-state index in [-0.39, 0.29) is 5.91 Å². The molecular formula is C21H22N4O. The van der Waals surface area contributed by atoms with E-state index in [1.165, 1.54) is 5.01 Å². The van der Waals surface area contributed by atoms with Gasteiger partial charge in [0.25, 0.3) is 5.91 Å². The van der Waals surface area contributed by atoms with Gasteiger partial charge in [0.15, 0.2) is 0 Å². The SMILES string of the molecule is CN1CCN(C=C2C(=O)N(c3ccccc3)N=C2c2ccccc2)CC1. The van der Waals surface area contributed by atoms with Gasteiger partial charge in [-0.2, -0.15) is 10.1 Å². The largest absolute Gasteiger partial charge is 0.374 e. The van der Waals surface area contributed by atoms with Gasteiger partial charge in [-0.3, -0.25) is 4.79 Å². The van der Waals surface area contributed by atoms with Gasteiger partial charge in [-0.15, -0.1) is 0 Å². The van der Waals surface area contributed by atoms with E-state index in [2.05, 4.69) is 21.9 Å². The first-order valence-corrected chi connectivity index (χ1v) is 8.91. The molecule has 5 heteroatoms. The molecule has 4 rings (SSSR count). The van der Waals surface area contributed by atoms with Crippen molar-refractivity contribution < 1.29 is 4.79 Å². The summed E-state index contributed by atoms with van der Waals surface area (Å²) in [5, 5.41) is 6.17. The summed E-state index contributed by atoms with van der Waals surface area (Å²) in [6, 6.07) is 19.5. The Kier molecular flexibility index (Phi) is 4.54. The van der Waals surface area contributed by atoms with Crippen LogP contribution in [0.25, 0.3) is 0 Å². The number of carbonyl (C=O) groups is 1. The van der Waals surface area contributed by atoms with Crippen molar-refractivity contribution in [2.45, 2.75) is 0 Å². The van der Waals surface area contributed by atoms with Crippen molar-refractivity contribution in [3.8, 4) is 0 Å². The lowest BCUT2D eigenvalue weighted by molar-refractivity contribution is -0.114. The van der Waals surface area contributed by atoms with E-state index < -0.39 is 0 Å². The lowest BCUT2D eigenvalue weighted by Crippen LogP contribution is -2.42. The van der Waals surface area contributed by atoms with Gasteiger partial charge in [0.2, 0.25) is 0 Å². The van der Waals surface area contributed by atoms with Gasteiger partial charge in [0.05, 0.1) is 11.3 Å². The summed E-state index contributed by atoms with van der Waals surface area (Å²) in [5.41, 5.74) is 3.13. The average molecular weight is 346 g/mol. The molecule has 2 heterocycles. The first-order valence-electron chi connectivity index (χ1n) is 8.91. The highest BCUT2D eigenvalue weighted by Crippen LogP contribution is 2.26. The summed E-state index contributed by atoms with van der Waals surface area (Å²) in [7, 11) is 2.12. The van der Waals surface area contributed by atoms with Crippen LogP contribution in [0.3, 0.4) is 0 Å². The predicted octanol–water partition coefficient (Wildman–Crippen LogP) is 2.57. The van der Waals surface area contributed by atoms with Crippen LogP contribution in [0.1, 0.15) is 5.56 Å². The van der Waals surface area contributed by atoms with Crippen molar-refractivity contribution >= 4 is 17.3 Å². The summed E-state index contributed by atoms with van der Waals surface area (Å²) in [6.07, 6.45) is 1.99. The molecule has 2 aliphatic heterocycles. The van der Waals surface area contributed by atoms with E-state index in [0.29, 0.717) is 5.57 Å². The number of hydrazone groups is 1. The van der Waals surface area contributed by atoms with Crippen molar-refractivity contribution in [2.75, 3.05) is 38.2 Å². The second kappa shape index (κ2) is 7.14. The molecule has 0 aromatic heterocycles. The van der Waals surface area contributed by atoms with Gasteiger partial charge >= 0.3 is 0 Å². The Morgan fingerprint density at radius 2 is 1.50 bits per heavy atom. The highest BCUT2D eigenvalue weighted by Gasteiger charge is 2.32. The number of likely N-dealkylation sites (N-methyl/N-ethyl adjacent to an activating group) is 1. The molecular weight excluding hydrogens is 324 g/mol. The van der Waals surface area contributed by atoms with Crippen LogP contribution in [0.15, 0.2) is 77.5 Å². The van der Waals surface area contributed by atoms with E-state index >= 15 is 0 Å². The quantitative estimate of drug-likeness (QED) is 0.802. The Hall–Kier alpha value is -2.92. The number of hydrogen-bond acceptors (Lipinski definition) is 4. The molecule has 2 aromatic carbocycles. The molecule has 0 N–H and O–H groups in total. The number of hydrogen-bond donors (Lipinski definition) is 0. The standard InChI is InChI=1S/C21H22N4O/c1-23-12-14-24(15-13-23)16-19-20(17-8-4-2-5-9-17)22-25(21(19)26)18-10-6-3-7-11-18/h2-11,16H,12-15H2,1H3. The number of para-hydroxylation sites is 1. The Morgan fingerprint density at radius 3 is 2.15 bits per heavy atom. The molecule has 0 aliphatic carbocycles. The number of anilines is 1. The van der Waals surface area contributed by atoms with E-state index in [0.717, 1.165) is 43.1 Å².